The molecule has 0 unspecified atom stereocenters. The molecule has 1 aliphatic rings. The zero-order chi connectivity index (χ0) is 16.2. The van der Waals surface area contributed by atoms with Crippen molar-refractivity contribution in [3.63, 3.8) is 0 Å². The van der Waals surface area contributed by atoms with E-state index in [1.807, 2.05) is 19.2 Å². The summed E-state index contributed by atoms with van der Waals surface area (Å²) in [6, 6.07) is 6.96. The summed E-state index contributed by atoms with van der Waals surface area (Å²) in [7, 11) is 0. The molecule has 1 fully saturated rings. The fourth-order valence-electron chi connectivity index (χ4n) is 3.00. The highest BCUT2D eigenvalue weighted by Crippen LogP contribution is 2.24. The van der Waals surface area contributed by atoms with Crippen LogP contribution < -0.4 is 10.2 Å². The molecular weight excluding hydrogens is 293 g/mol. The summed E-state index contributed by atoms with van der Waals surface area (Å²) in [6.45, 7) is 4.37. The summed E-state index contributed by atoms with van der Waals surface area (Å²) in [5.74, 6) is -0.324. The normalized spacial score (nSPS) is 18.0. The number of piperidine rings is 1. The van der Waals surface area contributed by atoms with E-state index in [0.717, 1.165) is 43.7 Å². The predicted molar refractivity (Wildman–Crippen MR) is 86.5 cm³/mol. The summed E-state index contributed by atoms with van der Waals surface area (Å²) in [5, 5.41) is 19.3. The van der Waals surface area contributed by atoms with Crippen molar-refractivity contribution in [1.29, 1.82) is 5.26 Å². The van der Waals surface area contributed by atoms with Crippen LogP contribution in [0.5, 0.6) is 0 Å². The van der Waals surface area contributed by atoms with Crippen LogP contribution in [0.15, 0.2) is 24.4 Å². The zero-order valence-electron chi connectivity index (χ0n) is 13.1. The monoisotopic (exact) mass is 313 g/mol. The number of hydrogen-bond acceptors (Lipinski definition) is 4. The molecule has 0 spiro atoms. The molecular formula is C17H20FN5. The average Bonchev–Trinajstić information content (AvgIpc) is 2.98. The predicted octanol–water partition coefficient (Wildman–Crippen LogP) is 2.49. The second-order valence-electron chi connectivity index (χ2n) is 5.96. The van der Waals surface area contributed by atoms with Gasteiger partial charge in [0.1, 0.15) is 5.82 Å². The van der Waals surface area contributed by atoms with E-state index in [-0.39, 0.29) is 5.82 Å². The molecule has 0 radical (unpaired) electrons. The Morgan fingerprint density at radius 2 is 2.39 bits per heavy atom. The SMILES string of the molecule is Cc1[nH]ncc1CN[C@H]1CCCN(c2ccc(C#N)cc2F)C1. The minimum absolute atomic E-state index is 0.313. The van der Waals surface area contributed by atoms with Gasteiger partial charge < -0.3 is 10.2 Å². The molecule has 2 aromatic rings. The van der Waals surface area contributed by atoms with Crippen LogP contribution in [0.2, 0.25) is 0 Å². The maximum Gasteiger partial charge on any atom is 0.147 e. The van der Waals surface area contributed by atoms with Crippen molar-refractivity contribution in [3.8, 4) is 6.07 Å². The van der Waals surface area contributed by atoms with Crippen LogP contribution in [0.4, 0.5) is 10.1 Å². The number of aromatic nitrogens is 2. The van der Waals surface area contributed by atoms with Crippen molar-refractivity contribution in [3.05, 3.63) is 47.0 Å². The van der Waals surface area contributed by atoms with Crippen LogP contribution in [0.1, 0.15) is 29.7 Å². The third-order valence-electron chi connectivity index (χ3n) is 4.35. The number of nitrogens with one attached hydrogen (secondary N) is 2. The fraction of sp³-hybridized carbons (Fsp3) is 0.412. The Morgan fingerprint density at radius 1 is 1.52 bits per heavy atom. The number of nitriles is 1. The van der Waals surface area contributed by atoms with Gasteiger partial charge in [0.15, 0.2) is 0 Å². The van der Waals surface area contributed by atoms with Crippen LogP contribution in [0.25, 0.3) is 0 Å². The summed E-state index contributed by atoms with van der Waals surface area (Å²) < 4.78 is 14.2. The minimum Gasteiger partial charge on any atom is -0.368 e. The lowest BCUT2D eigenvalue weighted by atomic mass is 10.0. The molecule has 0 amide bonds. The summed E-state index contributed by atoms with van der Waals surface area (Å²) in [6.07, 6.45) is 3.93. The van der Waals surface area contributed by atoms with Gasteiger partial charge in [0, 0.05) is 36.9 Å². The highest BCUT2D eigenvalue weighted by atomic mass is 19.1. The topological polar surface area (TPSA) is 67.7 Å². The van der Waals surface area contributed by atoms with Crippen LogP contribution in [-0.2, 0) is 6.54 Å². The second kappa shape index (κ2) is 6.80. The lowest BCUT2D eigenvalue weighted by molar-refractivity contribution is 0.418. The third-order valence-corrected chi connectivity index (χ3v) is 4.35. The molecule has 5 nitrogen and oxygen atoms in total. The number of anilines is 1. The van der Waals surface area contributed by atoms with Crippen molar-refractivity contribution in [2.45, 2.75) is 32.4 Å². The molecule has 1 aromatic carbocycles. The molecule has 0 saturated carbocycles. The first kappa shape index (κ1) is 15.5. The summed E-state index contributed by atoms with van der Waals surface area (Å²) in [5.41, 5.74) is 3.17. The van der Waals surface area contributed by atoms with Gasteiger partial charge in [-0.1, -0.05) is 0 Å². The molecule has 1 aromatic heterocycles. The molecule has 1 atom stereocenters. The quantitative estimate of drug-likeness (QED) is 0.910. The third kappa shape index (κ3) is 3.51. The van der Waals surface area contributed by atoms with E-state index < -0.39 is 0 Å². The fourth-order valence-corrected chi connectivity index (χ4v) is 3.00. The lowest BCUT2D eigenvalue weighted by Crippen LogP contribution is -2.45. The van der Waals surface area contributed by atoms with Gasteiger partial charge in [-0.15, -0.1) is 0 Å². The highest BCUT2D eigenvalue weighted by molar-refractivity contribution is 5.51. The average molecular weight is 313 g/mol. The molecule has 1 aliphatic heterocycles. The van der Waals surface area contributed by atoms with E-state index in [1.54, 1.807) is 12.1 Å². The molecule has 120 valence electrons. The van der Waals surface area contributed by atoms with Gasteiger partial charge in [-0.2, -0.15) is 10.4 Å². The highest BCUT2D eigenvalue weighted by Gasteiger charge is 2.22. The van der Waals surface area contributed by atoms with Gasteiger partial charge in [-0.05, 0) is 38.0 Å². The molecule has 0 aliphatic carbocycles. The molecule has 6 heteroatoms. The van der Waals surface area contributed by atoms with Crippen LogP contribution >= 0.6 is 0 Å². The van der Waals surface area contributed by atoms with E-state index in [0.29, 0.717) is 17.3 Å². The van der Waals surface area contributed by atoms with Crippen LogP contribution in [-0.4, -0.2) is 29.3 Å². The van der Waals surface area contributed by atoms with Crippen molar-refractivity contribution >= 4 is 5.69 Å². The first-order chi connectivity index (χ1) is 11.2. The van der Waals surface area contributed by atoms with Crippen molar-refractivity contribution < 1.29 is 4.39 Å². The Labute approximate surface area is 135 Å². The first-order valence-corrected chi connectivity index (χ1v) is 7.84. The van der Waals surface area contributed by atoms with Crippen molar-refractivity contribution in [2.24, 2.45) is 0 Å². The molecule has 23 heavy (non-hydrogen) atoms. The minimum atomic E-state index is -0.324. The Kier molecular flexibility index (Phi) is 4.58. The maximum absolute atomic E-state index is 14.2. The van der Waals surface area contributed by atoms with Crippen LogP contribution in [0, 0.1) is 24.1 Å². The first-order valence-electron chi connectivity index (χ1n) is 7.84. The Morgan fingerprint density at radius 3 is 3.09 bits per heavy atom. The number of H-pyrrole nitrogens is 1. The molecule has 1 saturated heterocycles. The number of nitrogens with zero attached hydrogens (tertiary/aromatic N) is 3. The largest absolute Gasteiger partial charge is 0.368 e. The number of halogens is 1. The summed E-state index contributed by atoms with van der Waals surface area (Å²) in [4.78, 5) is 2.06. The van der Waals surface area contributed by atoms with E-state index in [2.05, 4.69) is 20.4 Å². The maximum atomic E-state index is 14.2. The van der Waals surface area contributed by atoms with Gasteiger partial charge in [0.05, 0.1) is 23.5 Å². The van der Waals surface area contributed by atoms with Crippen molar-refractivity contribution in [1.82, 2.24) is 15.5 Å². The van der Waals surface area contributed by atoms with E-state index in [1.165, 1.54) is 6.07 Å². The van der Waals surface area contributed by atoms with Gasteiger partial charge in [-0.3, -0.25) is 5.10 Å². The molecule has 3 rings (SSSR count). The Bertz CT molecular complexity index is 718. The summed E-state index contributed by atoms with van der Waals surface area (Å²) >= 11 is 0. The Balaban J connectivity index is 1.64. The second-order valence-corrected chi connectivity index (χ2v) is 5.96. The number of aromatic amines is 1. The Hall–Kier alpha value is -2.39. The van der Waals surface area contributed by atoms with Gasteiger partial charge in [0.2, 0.25) is 0 Å². The zero-order valence-corrected chi connectivity index (χ0v) is 13.1. The number of aryl methyl sites for hydroxylation is 1. The standard InChI is InChI=1S/C17H20FN5/c1-12-14(10-21-22-12)9-20-15-3-2-6-23(11-15)17-5-4-13(8-19)7-16(17)18/h4-5,7,10,15,20H,2-3,6,9,11H2,1H3,(H,21,22)/t15-/m0/s1. The smallest absolute Gasteiger partial charge is 0.147 e. The van der Waals surface area contributed by atoms with E-state index >= 15 is 0 Å². The van der Waals surface area contributed by atoms with E-state index in [9.17, 15) is 4.39 Å². The number of hydrogen-bond donors (Lipinski definition) is 2. The van der Waals surface area contributed by atoms with Gasteiger partial charge in [-0.25, -0.2) is 4.39 Å². The molecule has 0 bridgehead atoms. The van der Waals surface area contributed by atoms with E-state index in [4.69, 9.17) is 5.26 Å². The molecule has 2 N–H and O–H groups in total. The lowest BCUT2D eigenvalue weighted by Gasteiger charge is -2.35. The van der Waals surface area contributed by atoms with Crippen LogP contribution in [0.3, 0.4) is 0 Å². The van der Waals surface area contributed by atoms with Gasteiger partial charge >= 0.3 is 0 Å². The molecule has 2 heterocycles. The van der Waals surface area contributed by atoms with Gasteiger partial charge in [0.25, 0.3) is 0 Å². The van der Waals surface area contributed by atoms with Crippen molar-refractivity contribution in [2.75, 3.05) is 18.0 Å². The number of rotatable bonds is 4. The number of benzene rings is 1.